The SMILES string of the molecule is Cc1ccc2nc(CN[C@H](C)c3ccc(Cl)cc3Cl)cc(=O)n2c1. The van der Waals surface area contributed by atoms with Gasteiger partial charge in [-0.1, -0.05) is 35.3 Å². The molecule has 1 N–H and O–H groups in total. The van der Waals surface area contributed by atoms with Gasteiger partial charge in [0.15, 0.2) is 0 Å². The lowest BCUT2D eigenvalue weighted by Crippen LogP contribution is -2.22. The molecule has 4 nitrogen and oxygen atoms in total. The van der Waals surface area contributed by atoms with E-state index in [0.717, 1.165) is 11.1 Å². The fourth-order valence-electron chi connectivity index (χ4n) is 2.57. The molecule has 0 aliphatic carbocycles. The highest BCUT2D eigenvalue weighted by atomic mass is 35.5. The van der Waals surface area contributed by atoms with Crippen LogP contribution in [0.15, 0.2) is 47.4 Å². The Kier molecular flexibility index (Phi) is 4.90. The lowest BCUT2D eigenvalue weighted by molar-refractivity contribution is 0.567. The summed E-state index contributed by atoms with van der Waals surface area (Å²) < 4.78 is 1.55. The second-order valence-electron chi connectivity index (χ2n) is 5.79. The first-order chi connectivity index (χ1) is 11.4. The topological polar surface area (TPSA) is 46.4 Å². The Morgan fingerprint density at radius 3 is 2.75 bits per heavy atom. The van der Waals surface area contributed by atoms with E-state index in [1.165, 1.54) is 0 Å². The molecule has 0 fully saturated rings. The van der Waals surface area contributed by atoms with Crippen LogP contribution >= 0.6 is 23.2 Å². The summed E-state index contributed by atoms with van der Waals surface area (Å²) in [6, 6.07) is 10.8. The number of aryl methyl sites for hydroxylation is 1. The quantitative estimate of drug-likeness (QED) is 0.758. The Hall–Kier alpha value is -1.88. The molecule has 0 radical (unpaired) electrons. The maximum Gasteiger partial charge on any atom is 0.258 e. The molecule has 0 unspecified atom stereocenters. The Morgan fingerprint density at radius 2 is 2.00 bits per heavy atom. The van der Waals surface area contributed by atoms with Gasteiger partial charge in [0.1, 0.15) is 5.65 Å². The van der Waals surface area contributed by atoms with E-state index < -0.39 is 0 Å². The third-order valence-corrected chi connectivity index (χ3v) is 4.44. The summed E-state index contributed by atoms with van der Waals surface area (Å²) in [4.78, 5) is 16.7. The van der Waals surface area contributed by atoms with E-state index in [2.05, 4.69) is 10.3 Å². The molecule has 1 aromatic carbocycles. The molecular formula is C18H17Cl2N3O. The number of rotatable bonds is 4. The highest BCUT2D eigenvalue weighted by Gasteiger charge is 2.11. The van der Waals surface area contributed by atoms with Crippen LogP contribution in [0.2, 0.25) is 10.0 Å². The number of hydrogen-bond donors (Lipinski definition) is 1. The second kappa shape index (κ2) is 6.93. The van der Waals surface area contributed by atoms with Crippen LogP contribution in [0, 0.1) is 6.92 Å². The minimum Gasteiger partial charge on any atom is -0.305 e. The van der Waals surface area contributed by atoms with Gasteiger partial charge in [-0.25, -0.2) is 4.98 Å². The number of hydrogen-bond acceptors (Lipinski definition) is 3. The van der Waals surface area contributed by atoms with Gasteiger partial charge < -0.3 is 5.32 Å². The zero-order chi connectivity index (χ0) is 17.3. The van der Waals surface area contributed by atoms with Gasteiger partial charge in [-0.05, 0) is 43.2 Å². The van der Waals surface area contributed by atoms with Crippen molar-refractivity contribution in [2.45, 2.75) is 26.4 Å². The number of nitrogens with one attached hydrogen (secondary N) is 1. The summed E-state index contributed by atoms with van der Waals surface area (Å²) in [6.07, 6.45) is 1.79. The molecule has 24 heavy (non-hydrogen) atoms. The van der Waals surface area contributed by atoms with Gasteiger partial charge in [-0.15, -0.1) is 0 Å². The van der Waals surface area contributed by atoms with E-state index in [9.17, 15) is 4.79 Å². The van der Waals surface area contributed by atoms with Crippen LogP contribution in [0.3, 0.4) is 0 Å². The number of fused-ring (bicyclic) bond motifs is 1. The van der Waals surface area contributed by atoms with E-state index in [-0.39, 0.29) is 11.6 Å². The number of aromatic nitrogens is 2. The first kappa shape index (κ1) is 17.0. The largest absolute Gasteiger partial charge is 0.305 e. The van der Waals surface area contributed by atoms with Crippen molar-refractivity contribution in [2.24, 2.45) is 0 Å². The van der Waals surface area contributed by atoms with Crippen molar-refractivity contribution in [3.8, 4) is 0 Å². The third-order valence-electron chi connectivity index (χ3n) is 3.88. The maximum atomic E-state index is 12.2. The standard InChI is InChI=1S/C18H17Cl2N3O/c1-11-3-6-17-22-14(8-18(24)23(17)10-11)9-21-12(2)15-5-4-13(19)7-16(15)20/h3-8,10,12,21H,9H2,1-2H3/t12-/m1/s1. The minimum absolute atomic E-state index is 0.00744. The molecular weight excluding hydrogens is 345 g/mol. The summed E-state index contributed by atoms with van der Waals surface area (Å²) >= 11 is 12.2. The Labute approximate surface area is 150 Å². The van der Waals surface area contributed by atoms with Gasteiger partial charge >= 0.3 is 0 Å². The molecule has 6 heteroatoms. The van der Waals surface area contributed by atoms with E-state index in [4.69, 9.17) is 23.2 Å². The highest BCUT2D eigenvalue weighted by Crippen LogP contribution is 2.26. The summed E-state index contributed by atoms with van der Waals surface area (Å²) in [5.74, 6) is 0. The van der Waals surface area contributed by atoms with Crippen molar-refractivity contribution in [3.63, 3.8) is 0 Å². The molecule has 3 aromatic rings. The van der Waals surface area contributed by atoms with E-state index in [1.54, 1.807) is 22.7 Å². The van der Waals surface area contributed by atoms with Crippen molar-refractivity contribution in [1.82, 2.24) is 14.7 Å². The van der Waals surface area contributed by atoms with Crippen LogP contribution in [-0.2, 0) is 6.54 Å². The van der Waals surface area contributed by atoms with Crippen LogP contribution in [0.25, 0.3) is 5.65 Å². The van der Waals surface area contributed by atoms with E-state index in [0.29, 0.717) is 27.9 Å². The maximum absolute atomic E-state index is 12.2. The summed E-state index contributed by atoms with van der Waals surface area (Å²) in [5.41, 5.74) is 3.22. The summed E-state index contributed by atoms with van der Waals surface area (Å²) in [7, 11) is 0. The number of nitrogens with zero attached hydrogens (tertiary/aromatic N) is 2. The van der Waals surface area contributed by atoms with Gasteiger partial charge in [0.25, 0.3) is 5.56 Å². The molecule has 0 saturated heterocycles. The number of halogens is 2. The van der Waals surface area contributed by atoms with Crippen molar-refractivity contribution in [3.05, 3.63) is 79.8 Å². The van der Waals surface area contributed by atoms with Gasteiger partial charge in [-0.2, -0.15) is 0 Å². The normalized spacial score (nSPS) is 12.5. The van der Waals surface area contributed by atoms with Crippen LogP contribution in [0.4, 0.5) is 0 Å². The molecule has 3 rings (SSSR count). The molecule has 2 aromatic heterocycles. The average molecular weight is 362 g/mol. The predicted octanol–water partition coefficient (Wildman–Crippen LogP) is 4.16. The summed E-state index contributed by atoms with van der Waals surface area (Å²) in [6.45, 7) is 4.42. The monoisotopic (exact) mass is 361 g/mol. The molecule has 0 spiro atoms. The fraction of sp³-hybridized carbons (Fsp3) is 0.222. The van der Waals surface area contributed by atoms with Crippen molar-refractivity contribution in [1.29, 1.82) is 0 Å². The van der Waals surface area contributed by atoms with Crippen molar-refractivity contribution in [2.75, 3.05) is 0 Å². The predicted molar refractivity (Wildman–Crippen MR) is 97.9 cm³/mol. The Morgan fingerprint density at radius 1 is 1.21 bits per heavy atom. The van der Waals surface area contributed by atoms with Crippen LogP contribution < -0.4 is 10.9 Å². The minimum atomic E-state index is -0.0855. The van der Waals surface area contributed by atoms with E-state index in [1.807, 2.05) is 38.1 Å². The van der Waals surface area contributed by atoms with Crippen LogP contribution in [0.5, 0.6) is 0 Å². The first-order valence-electron chi connectivity index (χ1n) is 7.61. The molecule has 0 saturated carbocycles. The number of pyridine rings is 1. The molecule has 1 atom stereocenters. The van der Waals surface area contributed by atoms with Gasteiger partial charge in [0, 0.05) is 34.9 Å². The Balaban J connectivity index is 1.80. The second-order valence-corrected chi connectivity index (χ2v) is 6.63. The third kappa shape index (κ3) is 3.61. The Bertz CT molecular complexity index is 953. The molecule has 0 amide bonds. The van der Waals surface area contributed by atoms with Gasteiger partial charge in [-0.3, -0.25) is 9.20 Å². The van der Waals surface area contributed by atoms with Gasteiger partial charge in [0.2, 0.25) is 0 Å². The lowest BCUT2D eigenvalue weighted by Gasteiger charge is -2.16. The smallest absolute Gasteiger partial charge is 0.258 e. The molecule has 2 heterocycles. The fourth-order valence-corrected chi connectivity index (χ4v) is 3.14. The van der Waals surface area contributed by atoms with Gasteiger partial charge in [0.05, 0.1) is 5.69 Å². The van der Waals surface area contributed by atoms with E-state index >= 15 is 0 Å². The number of benzene rings is 1. The summed E-state index contributed by atoms with van der Waals surface area (Å²) in [5, 5.41) is 4.56. The molecule has 0 bridgehead atoms. The zero-order valence-electron chi connectivity index (χ0n) is 13.4. The molecule has 124 valence electrons. The zero-order valence-corrected chi connectivity index (χ0v) is 14.9. The van der Waals surface area contributed by atoms with Crippen LogP contribution in [-0.4, -0.2) is 9.38 Å². The average Bonchev–Trinajstić information content (AvgIpc) is 2.53. The molecule has 0 aliphatic rings. The first-order valence-corrected chi connectivity index (χ1v) is 8.37. The lowest BCUT2D eigenvalue weighted by atomic mass is 10.1. The molecule has 0 aliphatic heterocycles. The van der Waals surface area contributed by atoms with Crippen molar-refractivity contribution < 1.29 is 0 Å². The highest BCUT2D eigenvalue weighted by molar-refractivity contribution is 6.35. The van der Waals surface area contributed by atoms with Crippen molar-refractivity contribution >= 4 is 28.8 Å². The van der Waals surface area contributed by atoms with Crippen LogP contribution in [0.1, 0.15) is 29.8 Å².